The summed E-state index contributed by atoms with van der Waals surface area (Å²) in [7, 11) is 6.36. The van der Waals surface area contributed by atoms with Gasteiger partial charge in [0.05, 0.1) is 39.7 Å². The molecule has 0 saturated heterocycles. The fourth-order valence-electron chi connectivity index (χ4n) is 3.50. The molecule has 1 unspecified atom stereocenters. The molecule has 0 amide bonds. The largest absolute Gasteiger partial charge is 0.496 e. The third-order valence-electron chi connectivity index (χ3n) is 5.28. The Balaban J connectivity index is 1.76. The number of rotatable bonds is 12. The molecule has 3 rings (SSSR count). The first-order chi connectivity index (χ1) is 17.0. The highest BCUT2D eigenvalue weighted by molar-refractivity contribution is 8.01. The number of carboxylic acids is 1. The fraction of sp³-hybridized carbons (Fsp3) is 0.222. The van der Waals surface area contributed by atoms with Crippen LogP contribution in [0, 0.1) is 0 Å². The normalized spacial score (nSPS) is 11.7. The van der Waals surface area contributed by atoms with Crippen molar-refractivity contribution in [1.82, 2.24) is 0 Å². The maximum atomic E-state index is 11.9. The van der Waals surface area contributed by atoms with Crippen LogP contribution in [0.1, 0.15) is 22.7 Å². The first-order valence-electron chi connectivity index (χ1n) is 10.8. The number of anilines is 1. The van der Waals surface area contributed by atoms with Crippen molar-refractivity contribution in [2.75, 3.05) is 33.8 Å². The van der Waals surface area contributed by atoms with Gasteiger partial charge in [0.1, 0.15) is 23.0 Å². The Morgan fingerprint density at radius 3 is 2.14 bits per heavy atom. The topological polar surface area (TPSA) is 86.2 Å². The van der Waals surface area contributed by atoms with Gasteiger partial charge in [0, 0.05) is 17.9 Å². The number of thioether (sulfide) groups is 1. The van der Waals surface area contributed by atoms with Crippen LogP contribution >= 0.6 is 11.8 Å². The lowest BCUT2D eigenvalue weighted by Gasteiger charge is -2.19. The maximum Gasteiger partial charge on any atom is 0.330 e. The van der Waals surface area contributed by atoms with Crippen LogP contribution < -0.4 is 24.3 Å². The summed E-state index contributed by atoms with van der Waals surface area (Å²) in [5.41, 5.74) is 3.10. The molecule has 3 aromatic carbocycles. The van der Waals surface area contributed by atoms with Crippen molar-refractivity contribution in [3.8, 4) is 23.0 Å². The summed E-state index contributed by atoms with van der Waals surface area (Å²) in [4.78, 5) is 11.9. The molecule has 0 heterocycles. The number of nitrogens with one attached hydrogen (secondary N) is 1. The van der Waals surface area contributed by atoms with Gasteiger partial charge in [0.25, 0.3) is 0 Å². The number of ether oxygens (including phenoxy) is 4. The first-order valence-corrected chi connectivity index (χ1v) is 11.8. The SMILES string of the molecule is COc1cc(OC)c(/C=C/SCc2ccc(OC)c(NC(C(=O)O)c3ccccc3)c2)c(OC)c1. The monoisotopic (exact) mass is 495 g/mol. The number of carboxylic acid groups (broad SMARTS) is 1. The van der Waals surface area contributed by atoms with E-state index in [1.165, 1.54) is 0 Å². The van der Waals surface area contributed by atoms with E-state index in [4.69, 9.17) is 18.9 Å². The molecule has 0 aromatic heterocycles. The molecule has 0 saturated carbocycles. The zero-order valence-corrected chi connectivity index (χ0v) is 20.9. The molecule has 2 N–H and O–H groups in total. The van der Waals surface area contributed by atoms with Crippen LogP contribution in [0.4, 0.5) is 5.69 Å². The summed E-state index contributed by atoms with van der Waals surface area (Å²) in [5.74, 6) is 2.22. The number of hydrogen-bond donors (Lipinski definition) is 2. The number of aliphatic carboxylic acids is 1. The zero-order valence-electron chi connectivity index (χ0n) is 20.1. The van der Waals surface area contributed by atoms with Crippen LogP contribution in [0.3, 0.4) is 0 Å². The van der Waals surface area contributed by atoms with Gasteiger partial charge < -0.3 is 29.4 Å². The van der Waals surface area contributed by atoms with Crippen LogP contribution in [0.5, 0.6) is 23.0 Å². The third-order valence-corrected chi connectivity index (χ3v) is 6.11. The summed E-state index contributed by atoms with van der Waals surface area (Å²) in [5, 5.41) is 14.9. The molecule has 35 heavy (non-hydrogen) atoms. The summed E-state index contributed by atoms with van der Waals surface area (Å²) >= 11 is 1.59. The second kappa shape index (κ2) is 12.6. The molecular formula is C27H29NO6S. The molecule has 8 heteroatoms. The number of carbonyl (C=O) groups is 1. The van der Waals surface area contributed by atoms with Crippen molar-refractivity contribution in [3.05, 3.63) is 82.8 Å². The Labute approximate surface area is 209 Å². The van der Waals surface area contributed by atoms with Gasteiger partial charge in [-0.2, -0.15) is 0 Å². The standard InChI is InChI=1S/C27H29NO6S/c1-31-20-15-24(33-3)21(25(16-20)34-4)12-13-35-17-18-10-11-23(32-2)22(14-18)28-26(27(29)30)19-8-6-5-7-9-19/h5-16,26,28H,17H2,1-4H3,(H,29,30)/b13-12+. The minimum Gasteiger partial charge on any atom is -0.496 e. The average Bonchev–Trinajstić information content (AvgIpc) is 2.89. The highest BCUT2D eigenvalue weighted by atomic mass is 32.2. The predicted molar refractivity (Wildman–Crippen MR) is 140 cm³/mol. The first kappa shape index (κ1) is 25.8. The fourth-order valence-corrected chi connectivity index (χ4v) is 4.20. The van der Waals surface area contributed by atoms with Crippen molar-refractivity contribution in [2.24, 2.45) is 0 Å². The van der Waals surface area contributed by atoms with Crippen LogP contribution in [-0.2, 0) is 10.5 Å². The second-order valence-corrected chi connectivity index (χ2v) is 8.31. The Morgan fingerprint density at radius 2 is 1.57 bits per heavy atom. The molecular weight excluding hydrogens is 466 g/mol. The van der Waals surface area contributed by atoms with Crippen LogP contribution in [-0.4, -0.2) is 39.5 Å². The van der Waals surface area contributed by atoms with Gasteiger partial charge in [0.15, 0.2) is 6.04 Å². The maximum absolute atomic E-state index is 11.9. The van der Waals surface area contributed by atoms with Gasteiger partial charge in [-0.15, -0.1) is 11.8 Å². The quantitative estimate of drug-likeness (QED) is 0.323. The second-order valence-electron chi connectivity index (χ2n) is 7.42. The summed E-state index contributed by atoms with van der Waals surface area (Å²) in [6.45, 7) is 0. The van der Waals surface area contributed by atoms with Gasteiger partial charge >= 0.3 is 5.97 Å². The van der Waals surface area contributed by atoms with E-state index in [9.17, 15) is 9.90 Å². The van der Waals surface area contributed by atoms with Gasteiger partial charge in [-0.3, -0.25) is 0 Å². The lowest BCUT2D eigenvalue weighted by molar-refractivity contribution is -0.138. The van der Waals surface area contributed by atoms with E-state index in [1.807, 2.05) is 47.9 Å². The molecule has 3 aromatic rings. The van der Waals surface area contributed by atoms with Gasteiger partial charge in [0.2, 0.25) is 0 Å². The zero-order chi connectivity index (χ0) is 25.2. The predicted octanol–water partition coefficient (Wildman–Crippen LogP) is 5.86. The molecule has 0 fully saturated rings. The van der Waals surface area contributed by atoms with E-state index in [1.54, 1.807) is 64.5 Å². The van der Waals surface area contributed by atoms with Crippen LogP contribution in [0.15, 0.2) is 66.1 Å². The summed E-state index contributed by atoms with van der Waals surface area (Å²) in [6, 6.07) is 17.5. The molecule has 0 radical (unpaired) electrons. The highest BCUT2D eigenvalue weighted by Crippen LogP contribution is 2.36. The molecule has 0 spiro atoms. The number of methoxy groups -OCH3 is 4. The minimum absolute atomic E-state index is 0.573. The van der Waals surface area contributed by atoms with Crippen molar-refractivity contribution in [3.63, 3.8) is 0 Å². The van der Waals surface area contributed by atoms with E-state index in [-0.39, 0.29) is 0 Å². The molecule has 184 valence electrons. The smallest absolute Gasteiger partial charge is 0.330 e. The summed E-state index contributed by atoms with van der Waals surface area (Å²) < 4.78 is 21.7. The van der Waals surface area contributed by atoms with Gasteiger partial charge in [-0.1, -0.05) is 36.4 Å². The lowest BCUT2D eigenvalue weighted by atomic mass is 10.1. The lowest BCUT2D eigenvalue weighted by Crippen LogP contribution is -2.20. The molecule has 7 nitrogen and oxygen atoms in total. The number of benzene rings is 3. The molecule has 0 bridgehead atoms. The van der Waals surface area contributed by atoms with Crippen LogP contribution in [0.25, 0.3) is 6.08 Å². The average molecular weight is 496 g/mol. The van der Waals surface area contributed by atoms with Crippen LogP contribution in [0.2, 0.25) is 0 Å². The molecule has 1 atom stereocenters. The van der Waals surface area contributed by atoms with Crippen molar-refractivity contribution >= 4 is 29.5 Å². The van der Waals surface area contributed by atoms with E-state index >= 15 is 0 Å². The van der Waals surface area contributed by atoms with Crippen molar-refractivity contribution < 1.29 is 28.8 Å². The van der Waals surface area contributed by atoms with E-state index in [0.29, 0.717) is 40.0 Å². The molecule has 0 aliphatic carbocycles. The Hall–Kier alpha value is -3.78. The van der Waals surface area contributed by atoms with Crippen molar-refractivity contribution in [2.45, 2.75) is 11.8 Å². The minimum atomic E-state index is -0.969. The van der Waals surface area contributed by atoms with E-state index in [0.717, 1.165) is 11.1 Å². The van der Waals surface area contributed by atoms with E-state index in [2.05, 4.69) is 5.32 Å². The van der Waals surface area contributed by atoms with Gasteiger partial charge in [-0.25, -0.2) is 4.79 Å². The Kier molecular flexibility index (Phi) is 9.31. The molecule has 0 aliphatic heterocycles. The van der Waals surface area contributed by atoms with Crippen molar-refractivity contribution in [1.29, 1.82) is 0 Å². The number of hydrogen-bond acceptors (Lipinski definition) is 7. The highest BCUT2D eigenvalue weighted by Gasteiger charge is 2.21. The molecule has 0 aliphatic rings. The van der Waals surface area contributed by atoms with Gasteiger partial charge in [-0.05, 0) is 34.7 Å². The Bertz CT molecular complexity index is 1140. The Morgan fingerprint density at radius 1 is 0.914 bits per heavy atom. The van der Waals surface area contributed by atoms with E-state index < -0.39 is 12.0 Å². The third kappa shape index (κ3) is 6.64. The summed E-state index contributed by atoms with van der Waals surface area (Å²) in [6.07, 6.45) is 1.93.